The Labute approximate surface area is 449 Å². The first-order chi connectivity index (χ1) is 35.5. The van der Waals surface area contributed by atoms with E-state index in [0.29, 0.717) is 19.3 Å². The molecule has 0 spiro atoms. The fraction of sp³-hybridized carbons (Fsp3) is 0.894. The second-order valence-electron chi connectivity index (χ2n) is 22.0. The van der Waals surface area contributed by atoms with Gasteiger partial charge in [-0.3, -0.25) is 14.4 Å². The quantitative estimate of drug-likeness (QED) is 0.0261. The number of hydrogen-bond acceptors (Lipinski definition) is 6. The third kappa shape index (κ3) is 58.8. The van der Waals surface area contributed by atoms with Crippen LogP contribution in [-0.2, 0) is 28.6 Å². The molecule has 424 valence electrons. The standard InChI is InChI=1S/C66H124O6/c1-4-7-10-13-16-19-22-25-27-29-31-32-33-34-36-37-39-41-44-47-50-53-56-59-65(68)71-62-63(61-70-64(67)58-55-52-49-46-43-24-21-18-15-12-9-6-3)72-66(69)60-57-54-51-48-45-42-40-38-35-30-28-26-23-20-17-14-11-8-5-2/h18,21,29,31,63H,4-17,19-20,22-28,30,32-62H2,1-3H3/b21-18-,31-29-. The number of hydrogen-bond donors (Lipinski definition) is 0. The smallest absolute Gasteiger partial charge is 0.306 e. The van der Waals surface area contributed by atoms with Crippen molar-refractivity contribution in [2.45, 2.75) is 367 Å². The molecule has 6 heteroatoms. The maximum atomic E-state index is 12.9. The fourth-order valence-corrected chi connectivity index (χ4v) is 9.79. The highest BCUT2D eigenvalue weighted by molar-refractivity contribution is 5.71. The predicted molar refractivity (Wildman–Crippen MR) is 312 cm³/mol. The predicted octanol–water partition coefficient (Wildman–Crippen LogP) is 21.8. The van der Waals surface area contributed by atoms with E-state index >= 15 is 0 Å². The van der Waals surface area contributed by atoms with E-state index in [4.69, 9.17) is 14.2 Å². The molecule has 6 nitrogen and oxygen atoms in total. The van der Waals surface area contributed by atoms with Gasteiger partial charge >= 0.3 is 17.9 Å². The summed E-state index contributed by atoms with van der Waals surface area (Å²) in [5.41, 5.74) is 0. The fourth-order valence-electron chi connectivity index (χ4n) is 9.79. The van der Waals surface area contributed by atoms with Crippen LogP contribution >= 0.6 is 0 Å². The van der Waals surface area contributed by atoms with Crippen molar-refractivity contribution in [2.75, 3.05) is 13.2 Å². The molecule has 0 saturated heterocycles. The van der Waals surface area contributed by atoms with Crippen LogP contribution in [0, 0.1) is 0 Å². The molecule has 72 heavy (non-hydrogen) atoms. The van der Waals surface area contributed by atoms with Crippen molar-refractivity contribution in [3.63, 3.8) is 0 Å². The summed E-state index contributed by atoms with van der Waals surface area (Å²) in [6.45, 7) is 6.67. The highest BCUT2D eigenvalue weighted by Crippen LogP contribution is 2.18. The van der Waals surface area contributed by atoms with E-state index in [2.05, 4.69) is 45.1 Å². The van der Waals surface area contributed by atoms with Crippen molar-refractivity contribution in [3.8, 4) is 0 Å². The van der Waals surface area contributed by atoms with Crippen molar-refractivity contribution in [1.82, 2.24) is 0 Å². The number of carbonyl (C=O) groups is 3. The average molecular weight is 1010 g/mol. The van der Waals surface area contributed by atoms with Gasteiger partial charge in [-0.25, -0.2) is 0 Å². The van der Waals surface area contributed by atoms with Crippen LogP contribution < -0.4 is 0 Å². The van der Waals surface area contributed by atoms with Crippen LogP contribution in [0.3, 0.4) is 0 Å². The number of rotatable bonds is 60. The molecule has 0 saturated carbocycles. The summed E-state index contributed by atoms with van der Waals surface area (Å²) >= 11 is 0. The van der Waals surface area contributed by atoms with Crippen LogP contribution in [0.1, 0.15) is 361 Å². The lowest BCUT2D eigenvalue weighted by atomic mass is 10.0. The van der Waals surface area contributed by atoms with Crippen LogP contribution in [0.2, 0.25) is 0 Å². The molecule has 1 atom stereocenters. The lowest BCUT2D eigenvalue weighted by Gasteiger charge is -2.18. The minimum Gasteiger partial charge on any atom is -0.462 e. The molecule has 0 N–H and O–H groups in total. The van der Waals surface area contributed by atoms with E-state index < -0.39 is 6.10 Å². The van der Waals surface area contributed by atoms with Crippen LogP contribution in [-0.4, -0.2) is 37.2 Å². The highest BCUT2D eigenvalue weighted by atomic mass is 16.6. The summed E-state index contributed by atoms with van der Waals surface area (Å²) in [4.78, 5) is 38.3. The van der Waals surface area contributed by atoms with Gasteiger partial charge in [0, 0.05) is 19.3 Å². The minimum atomic E-state index is -0.771. The van der Waals surface area contributed by atoms with E-state index in [1.807, 2.05) is 0 Å². The first-order valence-electron chi connectivity index (χ1n) is 32.3. The van der Waals surface area contributed by atoms with Gasteiger partial charge in [0.25, 0.3) is 0 Å². The van der Waals surface area contributed by atoms with Crippen molar-refractivity contribution < 1.29 is 28.6 Å². The van der Waals surface area contributed by atoms with Gasteiger partial charge in [-0.15, -0.1) is 0 Å². The summed E-state index contributed by atoms with van der Waals surface area (Å²) in [6.07, 6.45) is 73.3. The van der Waals surface area contributed by atoms with Gasteiger partial charge in [-0.05, 0) is 70.6 Å². The third-order valence-electron chi connectivity index (χ3n) is 14.7. The molecule has 0 heterocycles. The van der Waals surface area contributed by atoms with Crippen molar-refractivity contribution >= 4 is 17.9 Å². The molecule has 0 aliphatic rings. The Morgan fingerprint density at radius 2 is 0.458 bits per heavy atom. The van der Waals surface area contributed by atoms with Crippen LogP contribution in [0.5, 0.6) is 0 Å². The molecule has 0 radical (unpaired) electrons. The Bertz CT molecular complexity index is 1160. The van der Waals surface area contributed by atoms with Gasteiger partial charge in [0.1, 0.15) is 13.2 Å². The first-order valence-corrected chi connectivity index (χ1v) is 32.3. The van der Waals surface area contributed by atoms with Crippen molar-refractivity contribution in [3.05, 3.63) is 24.3 Å². The molecule has 0 aliphatic carbocycles. The highest BCUT2D eigenvalue weighted by Gasteiger charge is 2.19. The number of carbonyl (C=O) groups excluding carboxylic acids is 3. The summed E-state index contributed by atoms with van der Waals surface area (Å²) in [7, 11) is 0. The van der Waals surface area contributed by atoms with Crippen molar-refractivity contribution in [2.24, 2.45) is 0 Å². The van der Waals surface area contributed by atoms with E-state index in [9.17, 15) is 14.4 Å². The van der Waals surface area contributed by atoms with Gasteiger partial charge < -0.3 is 14.2 Å². The summed E-state index contributed by atoms with van der Waals surface area (Å²) < 4.78 is 16.9. The zero-order valence-electron chi connectivity index (χ0n) is 48.7. The van der Waals surface area contributed by atoms with E-state index in [1.54, 1.807) is 0 Å². The Balaban J connectivity index is 4.24. The summed E-state index contributed by atoms with van der Waals surface area (Å²) in [5.74, 6) is -0.854. The Morgan fingerprint density at radius 3 is 0.722 bits per heavy atom. The number of esters is 3. The number of allylic oxidation sites excluding steroid dienone is 4. The first kappa shape index (κ1) is 69.9. The summed E-state index contributed by atoms with van der Waals surface area (Å²) in [5, 5.41) is 0. The molecule has 0 aromatic rings. The lowest BCUT2D eigenvalue weighted by Crippen LogP contribution is -2.30. The van der Waals surface area contributed by atoms with Gasteiger partial charge in [-0.2, -0.15) is 0 Å². The molecule has 0 aliphatic heterocycles. The van der Waals surface area contributed by atoms with E-state index in [-0.39, 0.29) is 31.1 Å². The second-order valence-corrected chi connectivity index (χ2v) is 22.0. The van der Waals surface area contributed by atoms with Crippen LogP contribution in [0.25, 0.3) is 0 Å². The van der Waals surface area contributed by atoms with Gasteiger partial charge in [0.05, 0.1) is 0 Å². The van der Waals surface area contributed by atoms with Gasteiger partial charge in [0.2, 0.25) is 0 Å². The number of ether oxygens (including phenoxy) is 3. The molecular formula is C66H124O6. The maximum Gasteiger partial charge on any atom is 0.306 e. The summed E-state index contributed by atoms with van der Waals surface area (Å²) in [6, 6.07) is 0. The Kier molecular flexibility index (Phi) is 59.6. The Morgan fingerprint density at radius 1 is 0.264 bits per heavy atom. The minimum absolute atomic E-state index is 0.0693. The SMILES string of the molecule is CCCCC/C=C\CCCCCCCC(=O)OCC(COC(=O)CCCCCCCCCCCCC/C=C\CCCCCCCCCC)OC(=O)CCCCCCCCCCCCCCCCCCCCC. The van der Waals surface area contributed by atoms with E-state index in [1.165, 1.54) is 257 Å². The molecule has 1 unspecified atom stereocenters. The van der Waals surface area contributed by atoms with Gasteiger partial charge in [0.15, 0.2) is 6.10 Å². The van der Waals surface area contributed by atoms with Crippen LogP contribution in [0.15, 0.2) is 24.3 Å². The molecule has 0 bridgehead atoms. The third-order valence-corrected chi connectivity index (χ3v) is 14.7. The van der Waals surface area contributed by atoms with Crippen molar-refractivity contribution in [1.29, 1.82) is 0 Å². The molecular weight excluding hydrogens is 889 g/mol. The molecule has 0 fully saturated rings. The molecule has 0 rings (SSSR count). The normalized spacial score (nSPS) is 12.1. The zero-order chi connectivity index (χ0) is 52.2. The number of unbranched alkanes of at least 4 members (excludes halogenated alkanes) is 45. The topological polar surface area (TPSA) is 78.9 Å². The molecule has 0 amide bonds. The molecule has 0 aromatic carbocycles. The second kappa shape index (κ2) is 61.4. The average Bonchev–Trinajstić information content (AvgIpc) is 3.38. The maximum absolute atomic E-state index is 12.9. The zero-order valence-corrected chi connectivity index (χ0v) is 48.7. The van der Waals surface area contributed by atoms with Crippen LogP contribution in [0.4, 0.5) is 0 Å². The van der Waals surface area contributed by atoms with E-state index in [0.717, 1.165) is 64.2 Å². The monoisotopic (exact) mass is 1010 g/mol. The van der Waals surface area contributed by atoms with Gasteiger partial charge in [-0.1, -0.05) is 295 Å². The Hall–Kier alpha value is -2.11. The largest absolute Gasteiger partial charge is 0.462 e. The lowest BCUT2D eigenvalue weighted by molar-refractivity contribution is -0.167. The molecule has 0 aromatic heterocycles.